The third kappa shape index (κ3) is 3.94. The maximum Gasteiger partial charge on any atom is 0.217 e. The molecule has 1 saturated heterocycles. The molecule has 0 saturated carbocycles. The predicted molar refractivity (Wildman–Crippen MR) is 63.4 cm³/mol. The molecule has 17 heavy (non-hydrogen) atoms. The highest BCUT2D eigenvalue weighted by Crippen LogP contribution is 2.37. The Morgan fingerprint density at radius 2 is 2.24 bits per heavy atom. The lowest BCUT2D eigenvalue weighted by atomic mass is 9.93. The number of hydrogen-bond acceptors (Lipinski definition) is 4. The lowest BCUT2D eigenvalue weighted by Gasteiger charge is -2.27. The first-order valence-corrected chi connectivity index (χ1v) is 6.20. The van der Waals surface area contributed by atoms with Crippen LogP contribution in [0.3, 0.4) is 0 Å². The van der Waals surface area contributed by atoms with E-state index in [4.69, 9.17) is 9.99 Å². The summed E-state index contributed by atoms with van der Waals surface area (Å²) in [4.78, 5) is 15.6. The largest absolute Gasteiger partial charge is 0.349 e. The minimum Gasteiger partial charge on any atom is -0.349 e. The van der Waals surface area contributed by atoms with Gasteiger partial charge in [0.1, 0.15) is 0 Å². The fraction of sp³-hybridized carbons (Fsp3) is 0.917. The van der Waals surface area contributed by atoms with Crippen molar-refractivity contribution in [2.75, 3.05) is 6.61 Å². The van der Waals surface area contributed by atoms with Crippen molar-refractivity contribution >= 4 is 5.91 Å². The maximum absolute atomic E-state index is 11.1. The average Bonchev–Trinajstić information content (AvgIpc) is 2.56. The summed E-state index contributed by atoms with van der Waals surface area (Å²) in [5, 5.41) is 11.9. The summed E-state index contributed by atoms with van der Waals surface area (Å²) in [6.07, 6.45) is 4.23. The van der Waals surface area contributed by atoms with E-state index in [0.29, 0.717) is 19.4 Å². The van der Waals surface area contributed by atoms with Crippen LogP contribution in [0.2, 0.25) is 0 Å². The van der Waals surface area contributed by atoms with Crippen molar-refractivity contribution in [2.24, 2.45) is 0 Å². The normalized spacial score (nSPS) is 32.7. The van der Waals surface area contributed by atoms with Crippen molar-refractivity contribution in [3.05, 3.63) is 0 Å². The topological polar surface area (TPSA) is 67.8 Å². The van der Waals surface area contributed by atoms with Crippen molar-refractivity contribution in [3.8, 4) is 0 Å². The van der Waals surface area contributed by atoms with Crippen LogP contribution in [-0.2, 0) is 14.4 Å². The summed E-state index contributed by atoms with van der Waals surface area (Å²) < 4.78 is 5.57. The zero-order chi connectivity index (χ0) is 12.9. The first-order valence-electron chi connectivity index (χ1n) is 6.20. The van der Waals surface area contributed by atoms with Gasteiger partial charge in [0, 0.05) is 19.8 Å². The summed E-state index contributed by atoms with van der Waals surface area (Å²) in [5.74, 6) is -1.05. The second kappa shape index (κ2) is 5.80. The van der Waals surface area contributed by atoms with Gasteiger partial charge in [-0.2, -0.15) is 0 Å². The van der Waals surface area contributed by atoms with Gasteiger partial charge < -0.3 is 10.1 Å². The standard InChI is InChI=1S/C12H23NO4/c1-4-5-6-7-12(17-15)8-11(3,9-16-12)13-10(2)14/h15H,4-9H2,1-3H3,(H,13,14)/t11-,12+/m0/s1. The molecule has 1 aliphatic rings. The SMILES string of the molecule is CCCCC[C@@]1(OO)C[C@](C)(NC(C)=O)CO1. The molecule has 0 radical (unpaired) electrons. The molecule has 2 atom stereocenters. The number of ether oxygens (including phenoxy) is 1. The van der Waals surface area contributed by atoms with Gasteiger partial charge in [0.2, 0.25) is 11.7 Å². The Bertz CT molecular complexity index is 271. The third-order valence-electron chi connectivity index (χ3n) is 3.12. The van der Waals surface area contributed by atoms with Crippen molar-refractivity contribution in [1.29, 1.82) is 0 Å². The lowest BCUT2D eigenvalue weighted by molar-refractivity contribution is -0.394. The van der Waals surface area contributed by atoms with Crippen LogP contribution in [0.4, 0.5) is 0 Å². The molecular weight excluding hydrogens is 222 g/mol. The van der Waals surface area contributed by atoms with E-state index < -0.39 is 11.3 Å². The van der Waals surface area contributed by atoms with Crippen molar-refractivity contribution in [3.63, 3.8) is 0 Å². The minimum absolute atomic E-state index is 0.0987. The predicted octanol–water partition coefficient (Wildman–Crippen LogP) is 2.07. The van der Waals surface area contributed by atoms with E-state index in [2.05, 4.69) is 17.1 Å². The molecule has 5 heteroatoms. The molecule has 1 aliphatic heterocycles. The Labute approximate surface area is 102 Å². The molecule has 1 amide bonds. The van der Waals surface area contributed by atoms with Gasteiger partial charge in [0.05, 0.1) is 12.1 Å². The fourth-order valence-corrected chi connectivity index (χ4v) is 2.40. The van der Waals surface area contributed by atoms with Gasteiger partial charge in [0.15, 0.2) is 0 Å². The Morgan fingerprint density at radius 1 is 1.53 bits per heavy atom. The van der Waals surface area contributed by atoms with Crippen molar-refractivity contribution < 1.29 is 19.7 Å². The quantitative estimate of drug-likeness (QED) is 0.427. The zero-order valence-corrected chi connectivity index (χ0v) is 10.9. The minimum atomic E-state index is -0.952. The fourth-order valence-electron chi connectivity index (χ4n) is 2.40. The van der Waals surface area contributed by atoms with Crippen molar-refractivity contribution in [1.82, 2.24) is 5.32 Å². The van der Waals surface area contributed by atoms with Crippen LogP contribution in [0.5, 0.6) is 0 Å². The molecule has 0 aromatic heterocycles. The van der Waals surface area contributed by atoms with Crippen LogP contribution in [0, 0.1) is 0 Å². The lowest BCUT2D eigenvalue weighted by Crippen LogP contribution is -2.46. The van der Waals surface area contributed by atoms with Crippen LogP contribution >= 0.6 is 0 Å². The molecule has 0 unspecified atom stereocenters. The van der Waals surface area contributed by atoms with E-state index in [1.807, 2.05) is 6.92 Å². The van der Waals surface area contributed by atoms with Gasteiger partial charge in [-0.1, -0.05) is 19.8 Å². The molecule has 1 heterocycles. The second-order valence-corrected chi connectivity index (χ2v) is 5.17. The Hall–Kier alpha value is -0.650. The highest BCUT2D eigenvalue weighted by molar-refractivity contribution is 5.73. The molecule has 0 aromatic rings. The van der Waals surface area contributed by atoms with Gasteiger partial charge in [-0.05, 0) is 13.3 Å². The number of amides is 1. The van der Waals surface area contributed by atoms with E-state index in [0.717, 1.165) is 19.3 Å². The Kier molecular flexibility index (Phi) is 4.91. The van der Waals surface area contributed by atoms with Gasteiger partial charge in [-0.15, -0.1) is 0 Å². The number of unbranched alkanes of at least 4 members (excludes halogenated alkanes) is 2. The monoisotopic (exact) mass is 245 g/mol. The van der Waals surface area contributed by atoms with Gasteiger partial charge in [0.25, 0.3) is 0 Å². The molecule has 0 aliphatic carbocycles. The number of carbonyl (C=O) groups excluding carboxylic acids is 1. The van der Waals surface area contributed by atoms with Crippen LogP contribution in [0.25, 0.3) is 0 Å². The average molecular weight is 245 g/mol. The highest BCUT2D eigenvalue weighted by Gasteiger charge is 2.48. The van der Waals surface area contributed by atoms with E-state index in [9.17, 15) is 4.79 Å². The van der Waals surface area contributed by atoms with Crippen LogP contribution in [0.1, 0.15) is 52.9 Å². The van der Waals surface area contributed by atoms with Gasteiger partial charge in [-0.3, -0.25) is 4.79 Å². The third-order valence-corrected chi connectivity index (χ3v) is 3.12. The summed E-state index contributed by atoms with van der Waals surface area (Å²) in [6, 6.07) is 0. The first kappa shape index (κ1) is 14.4. The second-order valence-electron chi connectivity index (χ2n) is 5.17. The first-order chi connectivity index (χ1) is 7.95. The van der Waals surface area contributed by atoms with Crippen LogP contribution in [0.15, 0.2) is 0 Å². The molecule has 2 N–H and O–H groups in total. The molecule has 1 fully saturated rings. The highest BCUT2D eigenvalue weighted by atomic mass is 17.1. The summed E-state index contributed by atoms with van der Waals surface area (Å²) >= 11 is 0. The van der Waals surface area contributed by atoms with Crippen LogP contribution < -0.4 is 5.32 Å². The maximum atomic E-state index is 11.1. The van der Waals surface area contributed by atoms with E-state index >= 15 is 0 Å². The molecule has 1 rings (SSSR count). The van der Waals surface area contributed by atoms with Gasteiger partial charge >= 0.3 is 0 Å². The molecule has 0 bridgehead atoms. The molecule has 100 valence electrons. The Morgan fingerprint density at radius 3 is 2.76 bits per heavy atom. The number of hydrogen-bond donors (Lipinski definition) is 2. The number of carbonyl (C=O) groups is 1. The Balaban J connectivity index is 2.56. The summed E-state index contributed by atoms with van der Waals surface area (Å²) in [7, 11) is 0. The molecular formula is C12H23NO4. The summed E-state index contributed by atoms with van der Waals surface area (Å²) in [5.41, 5.74) is -0.458. The summed E-state index contributed by atoms with van der Waals surface area (Å²) in [6.45, 7) is 5.85. The van der Waals surface area contributed by atoms with E-state index in [-0.39, 0.29) is 5.91 Å². The van der Waals surface area contributed by atoms with Crippen molar-refractivity contribution in [2.45, 2.75) is 64.2 Å². The zero-order valence-electron chi connectivity index (χ0n) is 10.9. The van der Waals surface area contributed by atoms with E-state index in [1.165, 1.54) is 6.92 Å². The van der Waals surface area contributed by atoms with E-state index in [1.54, 1.807) is 0 Å². The van der Waals surface area contributed by atoms with Crippen LogP contribution in [-0.4, -0.2) is 29.1 Å². The smallest absolute Gasteiger partial charge is 0.217 e. The molecule has 5 nitrogen and oxygen atoms in total. The molecule has 0 spiro atoms. The molecule has 0 aromatic carbocycles. The number of nitrogens with one attached hydrogen (secondary N) is 1. The van der Waals surface area contributed by atoms with Gasteiger partial charge in [-0.25, -0.2) is 10.1 Å². The number of rotatable bonds is 6.